The van der Waals surface area contributed by atoms with E-state index in [1.165, 1.54) is 0 Å². The smallest absolute Gasteiger partial charge is 0.339 e. The van der Waals surface area contributed by atoms with Crippen LogP contribution < -0.4 is 0 Å². The minimum absolute atomic E-state index is 0.113. The lowest BCUT2D eigenvalue weighted by Gasteiger charge is -2.18. The summed E-state index contributed by atoms with van der Waals surface area (Å²) in [6, 6.07) is 1.68. The molecule has 0 saturated heterocycles. The second-order valence-electron chi connectivity index (χ2n) is 6.23. The van der Waals surface area contributed by atoms with Crippen LogP contribution in [0.15, 0.2) is 6.07 Å². The van der Waals surface area contributed by atoms with Crippen molar-refractivity contribution in [2.75, 3.05) is 6.61 Å². The fraction of sp³-hybridized carbons (Fsp3) is 0.579. The van der Waals surface area contributed by atoms with E-state index in [4.69, 9.17) is 4.74 Å². The number of carboxylic acids is 1. The van der Waals surface area contributed by atoms with Crippen molar-refractivity contribution < 1.29 is 19.4 Å². The van der Waals surface area contributed by atoms with Gasteiger partial charge in [0.25, 0.3) is 0 Å². The van der Waals surface area contributed by atoms with E-state index in [9.17, 15) is 14.7 Å². The predicted octanol–water partition coefficient (Wildman–Crippen LogP) is 4.41. The first-order valence-corrected chi connectivity index (χ1v) is 8.39. The van der Waals surface area contributed by atoms with E-state index in [1.807, 2.05) is 13.8 Å². The SMILES string of the molecule is CCOC(=O)c1cc(CC)c(C)c(CCCC(C)C)c1C(=O)O. The molecule has 1 rings (SSSR count). The highest BCUT2D eigenvalue weighted by molar-refractivity contribution is 6.04. The summed E-state index contributed by atoms with van der Waals surface area (Å²) in [6.07, 6.45) is 3.37. The van der Waals surface area contributed by atoms with Gasteiger partial charge in [-0.3, -0.25) is 0 Å². The van der Waals surface area contributed by atoms with Gasteiger partial charge in [-0.1, -0.05) is 27.2 Å². The quantitative estimate of drug-likeness (QED) is 0.721. The van der Waals surface area contributed by atoms with Crippen molar-refractivity contribution in [1.82, 2.24) is 0 Å². The van der Waals surface area contributed by atoms with Crippen LogP contribution in [0, 0.1) is 12.8 Å². The summed E-state index contributed by atoms with van der Waals surface area (Å²) in [4.78, 5) is 24.0. The molecule has 0 aliphatic heterocycles. The Morgan fingerprint density at radius 3 is 2.39 bits per heavy atom. The number of carboxylic acid groups (broad SMARTS) is 1. The highest BCUT2D eigenvalue weighted by Crippen LogP contribution is 2.27. The first-order valence-electron chi connectivity index (χ1n) is 8.39. The summed E-state index contributed by atoms with van der Waals surface area (Å²) >= 11 is 0. The summed E-state index contributed by atoms with van der Waals surface area (Å²) in [5.74, 6) is -1.04. The van der Waals surface area contributed by atoms with Crippen LogP contribution in [0.5, 0.6) is 0 Å². The molecule has 4 nitrogen and oxygen atoms in total. The number of esters is 1. The maximum atomic E-state index is 12.2. The van der Waals surface area contributed by atoms with E-state index in [0.717, 1.165) is 36.0 Å². The van der Waals surface area contributed by atoms with Gasteiger partial charge in [0.15, 0.2) is 0 Å². The van der Waals surface area contributed by atoms with Crippen LogP contribution in [0.2, 0.25) is 0 Å². The molecule has 0 fully saturated rings. The highest BCUT2D eigenvalue weighted by atomic mass is 16.5. The van der Waals surface area contributed by atoms with Crippen molar-refractivity contribution in [2.24, 2.45) is 5.92 Å². The molecule has 0 spiro atoms. The van der Waals surface area contributed by atoms with Gasteiger partial charge in [-0.05, 0) is 61.8 Å². The molecule has 0 aliphatic rings. The Balaban J connectivity index is 3.40. The number of carbonyl (C=O) groups excluding carboxylic acids is 1. The third-order valence-corrected chi connectivity index (χ3v) is 4.12. The molecule has 0 saturated carbocycles. The molecule has 0 bridgehead atoms. The summed E-state index contributed by atoms with van der Waals surface area (Å²) in [5.41, 5.74) is 3.07. The largest absolute Gasteiger partial charge is 0.478 e. The Morgan fingerprint density at radius 1 is 1.26 bits per heavy atom. The molecule has 0 atom stereocenters. The number of carbonyl (C=O) groups is 2. The summed E-state index contributed by atoms with van der Waals surface area (Å²) in [7, 11) is 0. The molecule has 1 aromatic rings. The Bertz CT molecular complexity index is 573. The van der Waals surface area contributed by atoms with Crippen LogP contribution in [0.25, 0.3) is 0 Å². The Labute approximate surface area is 138 Å². The van der Waals surface area contributed by atoms with Crippen molar-refractivity contribution in [2.45, 2.75) is 60.3 Å². The van der Waals surface area contributed by atoms with Gasteiger partial charge in [-0.25, -0.2) is 9.59 Å². The number of aromatic carboxylic acids is 1. The summed E-state index contributed by atoms with van der Waals surface area (Å²) in [5, 5.41) is 9.65. The molecule has 0 unspecified atom stereocenters. The average Bonchev–Trinajstić information content (AvgIpc) is 2.47. The second kappa shape index (κ2) is 8.70. The molecule has 23 heavy (non-hydrogen) atoms. The molecule has 0 amide bonds. The minimum Gasteiger partial charge on any atom is -0.478 e. The van der Waals surface area contributed by atoms with Crippen molar-refractivity contribution in [3.63, 3.8) is 0 Å². The van der Waals surface area contributed by atoms with Crippen LogP contribution >= 0.6 is 0 Å². The molecule has 0 aromatic heterocycles. The highest BCUT2D eigenvalue weighted by Gasteiger charge is 2.24. The van der Waals surface area contributed by atoms with Gasteiger partial charge in [-0.2, -0.15) is 0 Å². The molecular formula is C19H28O4. The topological polar surface area (TPSA) is 63.6 Å². The van der Waals surface area contributed by atoms with E-state index >= 15 is 0 Å². The fourth-order valence-electron chi connectivity index (χ4n) is 2.88. The average molecular weight is 320 g/mol. The zero-order valence-corrected chi connectivity index (χ0v) is 14.9. The molecule has 0 aliphatic carbocycles. The third kappa shape index (κ3) is 4.81. The van der Waals surface area contributed by atoms with Gasteiger partial charge in [0.2, 0.25) is 0 Å². The molecule has 1 N–H and O–H groups in total. The lowest BCUT2D eigenvalue weighted by Crippen LogP contribution is -2.17. The summed E-state index contributed by atoms with van der Waals surface area (Å²) < 4.78 is 5.05. The predicted molar refractivity (Wildman–Crippen MR) is 91.2 cm³/mol. The lowest BCUT2D eigenvalue weighted by atomic mass is 9.88. The first kappa shape index (κ1) is 19.2. The zero-order valence-electron chi connectivity index (χ0n) is 14.9. The molecule has 0 radical (unpaired) electrons. The maximum absolute atomic E-state index is 12.2. The van der Waals surface area contributed by atoms with E-state index in [1.54, 1.807) is 13.0 Å². The van der Waals surface area contributed by atoms with Crippen LogP contribution in [-0.2, 0) is 17.6 Å². The molecular weight excluding hydrogens is 292 g/mol. The molecule has 0 heterocycles. The number of benzene rings is 1. The fourth-order valence-corrected chi connectivity index (χ4v) is 2.88. The minimum atomic E-state index is -1.06. The molecule has 128 valence electrons. The second-order valence-corrected chi connectivity index (χ2v) is 6.23. The van der Waals surface area contributed by atoms with Gasteiger partial charge < -0.3 is 9.84 Å². The summed E-state index contributed by atoms with van der Waals surface area (Å²) in [6.45, 7) is 10.2. The molecule has 4 heteroatoms. The maximum Gasteiger partial charge on any atom is 0.339 e. The number of aryl methyl sites for hydroxylation is 1. The Hall–Kier alpha value is -1.84. The Morgan fingerprint density at radius 2 is 1.91 bits per heavy atom. The molecule has 1 aromatic carbocycles. The van der Waals surface area contributed by atoms with Gasteiger partial charge in [0.05, 0.1) is 17.7 Å². The number of hydrogen-bond acceptors (Lipinski definition) is 3. The van der Waals surface area contributed by atoms with Gasteiger partial charge >= 0.3 is 11.9 Å². The first-order chi connectivity index (χ1) is 10.8. The third-order valence-electron chi connectivity index (χ3n) is 4.12. The van der Waals surface area contributed by atoms with Crippen molar-refractivity contribution in [3.8, 4) is 0 Å². The van der Waals surface area contributed by atoms with Crippen LogP contribution in [0.3, 0.4) is 0 Å². The van der Waals surface area contributed by atoms with Crippen molar-refractivity contribution in [1.29, 1.82) is 0 Å². The normalized spacial score (nSPS) is 10.9. The Kier molecular flexibility index (Phi) is 7.27. The number of rotatable bonds is 8. The van der Waals surface area contributed by atoms with Crippen LogP contribution in [0.4, 0.5) is 0 Å². The van der Waals surface area contributed by atoms with E-state index < -0.39 is 11.9 Å². The van der Waals surface area contributed by atoms with Gasteiger partial charge in [-0.15, -0.1) is 0 Å². The number of ether oxygens (including phenoxy) is 1. The van der Waals surface area contributed by atoms with E-state index in [-0.39, 0.29) is 17.7 Å². The standard InChI is InChI=1S/C19H28O4/c1-6-14-11-16(19(22)23-7-2)17(18(20)21)15(13(14)5)10-8-9-12(3)4/h11-12H,6-10H2,1-5H3,(H,20,21). The zero-order chi connectivity index (χ0) is 17.6. The lowest BCUT2D eigenvalue weighted by molar-refractivity contribution is 0.0514. The van der Waals surface area contributed by atoms with Crippen LogP contribution in [0.1, 0.15) is 77.9 Å². The van der Waals surface area contributed by atoms with E-state index in [0.29, 0.717) is 12.3 Å². The van der Waals surface area contributed by atoms with E-state index in [2.05, 4.69) is 13.8 Å². The van der Waals surface area contributed by atoms with Crippen molar-refractivity contribution >= 4 is 11.9 Å². The van der Waals surface area contributed by atoms with Gasteiger partial charge in [0, 0.05) is 0 Å². The number of hydrogen-bond donors (Lipinski definition) is 1. The van der Waals surface area contributed by atoms with Crippen molar-refractivity contribution in [3.05, 3.63) is 33.9 Å². The van der Waals surface area contributed by atoms with Crippen LogP contribution in [-0.4, -0.2) is 23.7 Å². The van der Waals surface area contributed by atoms with Gasteiger partial charge in [0.1, 0.15) is 0 Å². The monoisotopic (exact) mass is 320 g/mol.